The summed E-state index contributed by atoms with van der Waals surface area (Å²) < 4.78 is 0. The van der Waals surface area contributed by atoms with Gasteiger partial charge in [0.25, 0.3) is 0 Å². The van der Waals surface area contributed by atoms with Crippen LogP contribution in [0.25, 0.3) is 0 Å². The van der Waals surface area contributed by atoms with E-state index in [1.807, 2.05) is 6.07 Å². The largest absolute Gasteiger partial charge is 0.355 e. The second-order valence-electron chi connectivity index (χ2n) is 5.57. The molecule has 1 heterocycles. The van der Waals surface area contributed by atoms with Gasteiger partial charge < -0.3 is 5.32 Å². The van der Waals surface area contributed by atoms with Crippen molar-refractivity contribution in [3.63, 3.8) is 0 Å². The van der Waals surface area contributed by atoms with Crippen LogP contribution < -0.4 is 5.32 Å². The molecule has 2 aliphatic rings. The standard InChI is InChI=1S/C17H21NOS/c19-17(18-11-10-13-6-2-1-3-7-13)16-12-14-8-4-5-9-15(14)20-16/h4-6,8-9,16H,1-3,7,10-12H2,(H,18,19). The molecule has 0 aromatic heterocycles. The molecule has 0 saturated carbocycles. The van der Waals surface area contributed by atoms with Gasteiger partial charge >= 0.3 is 0 Å². The average molecular weight is 287 g/mol. The molecule has 0 bridgehead atoms. The van der Waals surface area contributed by atoms with Crippen molar-refractivity contribution < 1.29 is 4.79 Å². The van der Waals surface area contributed by atoms with Gasteiger partial charge in [-0.15, -0.1) is 11.8 Å². The summed E-state index contributed by atoms with van der Waals surface area (Å²) in [6.07, 6.45) is 9.33. The maximum atomic E-state index is 12.2. The minimum absolute atomic E-state index is 0.0627. The van der Waals surface area contributed by atoms with E-state index < -0.39 is 0 Å². The molecule has 1 aromatic rings. The summed E-state index contributed by atoms with van der Waals surface area (Å²) in [5.74, 6) is 0.197. The number of hydrogen-bond donors (Lipinski definition) is 1. The van der Waals surface area contributed by atoms with E-state index in [9.17, 15) is 4.79 Å². The minimum atomic E-state index is 0.0627. The van der Waals surface area contributed by atoms with Gasteiger partial charge in [0.05, 0.1) is 5.25 Å². The highest BCUT2D eigenvalue weighted by Gasteiger charge is 2.27. The molecule has 0 fully saturated rings. The van der Waals surface area contributed by atoms with Crippen molar-refractivity contribution in [2.24, 2.45) is 0 Å². The monoisotopic (exact) mass is 287 g/mol. The molecular formula is C17H21NOS. The second-order valence-corrected chi connectivity index (χ2v) is 6.81. The predicted molar refractivity (Wildman–Crippen MR) is 84.0 cm³/mol. The molecule has 1 atom stereocenters. The van der Waals surface area contributed by atoms with E-state index >= 15 is 0 Å². The Balaban J connectivity index is 1.45. The van der Waals surface area contributed by atoms with Gasteiger partial charge in [-0.05, 0) is 50.2 Å². The Hall–Kier alpha value is -1.22. The van der Waals surface area contributed by atoms with Gasteiger partial charge in [-0.25, -0.2) is 0 Å². The van der Waals surface area contributed by atoms with Crippen LogP contribution in [0.15, 0.2) is 40.8 Å². The zero-order valence-corrected chi connectivity index (χ0v) is 12.5. The fourth-order valence-electron chi connectivity index (χ4n) is 2.92. The quantitative estimate of drug-likeness (QED) is 0.855. The van der Waals surface area contributed by atoms with Crippen LogP contribution in [0.5, 0.6) is 0 Å². The number of thioether (sulfide) groups is 1. The Morgan fingerprint density at radius 3 is 3.00 bits per heavy atom. The van der Waals surface area contributed by atoms with Gasteiger partial charge in [0, 0.05) is 11.4 Å². The second kappa shape index (κ2) is 6.49. The van der Waals surface area contributed by atoms with Gasteiger partial charge in [0.15, 0.2) is 0 Å². The fraction of sp³-hybridized carbons (Fsp3) is 0.471. The van der Waals surface area contributed by atoms with E-state index in [2.05, 4.69) is 29.6 Å². The summed E-state index contributed by atoms with van der Waals surface area (Å²) in [6, 6.07) is 8.33. The van der Waals surface area contributed by atoms with Crippen molar-refractivity contribution >= 4 is 17.7 Å². The van der Waals surface area contributed by atoms with E-state index in [-0.39, 0.29) is 11.2 Å². The third kappa shape index (κ3) is 3.26. The smallest absolute Gasteiger partial charge is 0.233 e. The van der Waals surface area contributed by atoms with Crippen molar-refractivity contribution in [1.29, 1.82) is 0 Å². The molecule has 1 N–H and O–H groups in total. The summed E-state index contributed by atoms with van der Waals surface area (Å²) in [7, 11) is 0. The Morgan fingerprint density at radius 2 is 2.20 bits per heavy atom. The Kier molecular flexibility index (Phi) is 4.46. The number of allylic oxidation sites excluding steroid dienone is 1. The number of carbonyl (C=O) groups excluding carboxylic acids is 1. The maximum Gasteiger partial charge on any atom is 0.233 e. The zero-order valence-electron chi connectivity index (χ0n) is 11.7. The molecular weight excluding hydrogens is 266 g/mol. The van der Waals surface area contributed by atoms with E-state index in [1.54, 1.807) is 11.8 Å². The van der Waals surface area contributed by atoms with Crippen LogP contribution in [0.4, 0.5) is 0 Å². The maximum absolute atomic E-state index is 12.2. The molecule has 3 heteroatoms. The van der Waals surface area contributed by atoms with Gasteiger partial charge in [0.2, 0.25) is 5.91 Å². The van der Waals surface area contributed by atoms with Crippen LogP contribution in [-0.4, -0.2) is 17.7 Å². The Morgan fingerprint density at radius 1 is 1.30 bits per heavy atom. The summed E-state index contributed by atoms with van der Waals surface area (Å²) >= 11 is 1.70. The highest BCUT2D eigenvalue weighted by molar-refractivity contribution is 8.01. The van der Waals surface area contributed by atoms with Crippen molar-refractivity contribution in [2.45, 2.75) is 48.7 Å². The molecule has 0 saturated heterocycles. The molecule has 20 heavy (non-hydrogen) atoms. The van der Waals surface area contributed by atoms with Crippen molar-refractivity contribution in [1.82, 2.24) is 5.32 Å². The fourth-order valence-corrected chi connectivity index (χ4v) is 4.14. The van der Waals surface area contributed by atoms with Crippen LogP contribution in [0.3, 0.4) is 0 Å². The number of carbonyl (C=O) groups is 1. The molecule has 1 aliphatic heterocycles. The lowest BCUT2D eigenvalue weighted by Crippen LogP contribution is -2.33. The van der Waals surface area contributed by atoms with Gasteiger partial charge in [0.1, 0.15) is 0 Å². The van der Waals surface area contributed by atoms with Crippen LogP contribution in [0.1, 0.15) is 37.7 Å². The predicted octanol–water partition coefficient (Wildman–Crippen LogP) is 3.71. The first-order valence-electron chi connectivity index (χ1n) is 7.53. The highest BCUT2D eigenvalue weighted by atomic mass is 32.2. The summed E-state index contributed by atoms with van der Waals surface area (Å²) in [4.78, 5) is 13.5. The first kappa shape index (κ1) is 13.7. The van der Waals surface area contributed by atoms with Crippen LogP contribution in [0.2, 0.25) is 0 Å². The minimum Gasteiger partial charge on any atom is -0.355 e. The van der Waals surface area contributed by atoms with Crippen LogP contribution in [-0.2, 0) is 11.2 Å². The van der Waals surface area contributed by atoms with E-state index in [4.69, 9.17) is 0 Å². The number of benzene rings is 1. The Labute approximate surface area is 125 Å². The van der Waals surface area contributed by atoms with Crippen LogP contribution in [0, 0.1) is 0 Å². The molecule has 0 radical (unpaired) electrons. The van der Waals surface area contributed by atoms with Gasteiger partial charge in [-0.1, -0.05) is 29.8 Å². The average Bonchev–Trinajstić information content (AvgIpc) is 2.92. The Bertz CT molecular complexity index is 498. The topological polar surface area (TPSA) is 29.1 Å². The van der Waals surface area contributed by atoms with Crippen molar-refractivity contribution in [3.05, 3.63) is 41.5 Å². The number of nitrogens with one attached hydrogen (secondary N) is 1. The molecule has 1 aliphatic carbocycles. The first-order chi connectivity index (χ1) is 9.83. The number of fused-ring (bicyclic) bond motifs is 1. The molecule has 3 rings (SSSR count). The lowest BCUT2D eigenvalue weighted by Gasteiger charge is -2.14. The molecule has 1 amide bonds. The SMILES string of the molecule is O=C(NCCC1=CCCCC1)C1Cc2ccccc2S1. The molecule has 0 spiro atoms. The number of amides is 1. The van der Waals surface area contributed by atoms with E-state index in [0.717, 1.165) is 19.4 Å². The normalized spacial score (nSPS) is 21.2. The molecule has 1 unspecified atom stereocenters. The number of rotatable bonds is 4. The first-order valence-corrected chi connectivity index (χ1v) is 8.41. The molecule has 106 valence electrons. The molecule has 1 aromatic carbocycles. The number of hydrogen-bond acceptors (Lipinski definition) is 2. The van der Waals surface area contributed by atoms with Gasteiger partial charge in [-0.2, -0.15) is 0 Å². The lowest BCUT2D eigenvalue weighted by atomic mass is 9.97. The third-order valence-corrected chi connectivity index (χ3v) is 5.39. The van der Waals surface area contributed by atoms with Crippen LogP contribution >= 0.6 is 11.8 Å². The lowest BCUT2D eigenvalue weighted by molar-refractivity contribution is -0.120. The molecule has 2 nitrogen and oxygen atoms in total. The third-order valence-electron chi connectivity index (χ3n) is 4.07. The summed E-state index contributed by atoms with van der Waals surface area (Å²) in [5.41, 5.74) is 2.84. The summed E-state index contributed by atoms with van der Waals surface area (Å²) in [5, 5.41) is 3.17. The summed E-state index contributed by atoms with van der Waals surface area (Å²) in [6.45, 7) is 0.790. The highest BCUT2D eigenvalue weighted by Crippen LogP contribution is 2.36. The van der Waals surface area contributed by atoms with E-state index in [0.29, 0.717) is 0 Å². The van der Waals surface area contributed by atoms with E-state index in [1.165, 1.54) is 41.7 Å². The van der Waals surface area contributed by atoms with Crippen molar-refractivity contribution in [2.75, 3.05) is 6.54 Å². The van der Waals surface area contributed by atoms with Crippen molar-refractivity contribution in [3.8, 4) is 0 Å². The van der Waals surface area contributed by atoms with Gasteiger partial charge in [-0.3, -0.25) is 4.79 Å². The zero-order chi connectivity index (χ0) is 13.8.